The second-order valence-electron chi connectivity index (χ2n) is 5.66. The van der Waals surface area contributed by atoms with Crippen LogP contribution < -0.4 is 9.62 Å². The molecule has 21 heavy (non-hydrogen) atoms. The van der Waals surface area contributed by atoms with Gasteiger partial charge in [-0.05, 0) is 25.8 Å². The van der Waals surface area contributed by atoms with Crippen molar-refractivity contribution < 1.29 is 8.42 Å². The van der Waals surface area contributed by atoms with Gasteiger partial charge in [-0.15, -0.1) is 0 Å². The predicted molar refractivity (Wildman–Crippen MR) is 84.3 cm³/mol. The topological polar surface area (TPSA) is 65.5 Å². The molecular formula is C14H24N4O2S. The molecular weight excluding hydrogens is 288 g/mol. The highest BCUT2D eigenvalue weighted by atomic mass is 32.2. The summed E-state index contributed by atoms with van der Waals surface area (Å²) in [7, 11) is 0.356. The van der Waals surface area contributed by atoms with Crippen LogP contribution in [-0.2, 0) is 16.8 Å². The third-order valence-electron chi connectivity index (χ3n) is 3.79. The number of hydrogen-bond donors (Lipinski definition) is 1. The van der Waals surface area contributed by atoms with Gasteiger partial charge in [0.15, 0.2) is 0 Å². The number of rotatable bonds is 5. The SMILES string of the molecule is CC1CCCCN1S(=O)(=O)NCc1cccnc1N(C)C. The zero-order chi connectivity index (χ0) is 15.5. The van der Waals surface area contributed by atoms with E-state index in [0.29, 0.717) is 6.54 Å². The minimum absolute atomic E-state index is 0.0680. The van der Waals surface area contributed by atoms with Crippen LogP contribution in [0.3, 0.4) is 0 Å². The molecule has 6 nitrogen and oxygen atoms in total. The third kappa shape index (κ3) is 3.93. The number of nitrogens with one attached hydrogen (secondary N) is 1. The van der Waals surface area contributed by atoms with Gasteiger partial charge in [0, 0.05) is 45.0 Å². The van der Waals surface area contributed by atoms with E-state index in [-0.39, 0.29) is 12.6 Å². The average molecular weight is 312 g/mol. The van der Waals surface area contributed by atoms with Crippen molar-refractivity contribution in [2.45, 2.75) is 38.8 Å². The molecule has 7 heteroatoms. The lowest BCUT2D eigenvalue weighted by atomic mass is 10.1. The van der Waals surface area contributed by atoms with Crippen molar-refractivity contribution in [1.82, 2.24) is 14.0 Å². The number of anilines is 1. The molecule has 118 valence electrons. The second-order valence-corrected chi connectivity index (χ2v) is 7.37. The van der Waals surface area contributed by atoms with E-state index >= 15 is 0 Å². The van der Waals surface area contributed by atoms with Crippen molar-refractivity contribution in [2.24, 2.45) is 0 Å². The van der Waals surface area contributed by atoms with Gasteiger partial charge in [-0.25, -0.2) is 4.98 Å². The van der Waals surface area contributed by atoms with E-state index in [4.69, 9.17) is 0 Å². The summed E-state index contributed by atoms with van der Waals surface area (Å²) >= 11 is 0. The standard InChI is InChI=1S/C14H24N4O2S/c1-12-7-4-5-10-18(12)21(19,20)16-11-13-8-6-9-15-14(13)17(2)3/h6,8-9,12,16H,4-5,7,10-11H2,1-3H3. The molecule has 1 saturated heterocycles. The highest BCUT2D eigenvalue weighted by Gasteiger charge is 2.29. The van der Waals surface area contributed by atoms with Crippen LogP contribution >= 0.6 is 0 Å². The Bertz CT molecular complexity index is 574. The molecule has 0 saturated carbocycles. The van der Waals surface area contributed by atoms with Gasteiger partial charge in [-0.3, -0.25) is 0 Å². The molecule has 1 unspecified atom stereocenters. The molecule has 2 rings (SSSR count). The molecule has 1 N–H and O–H groups in total. The lowest BCUT2D eigenvalue weighted by molar-refractivity contribution is 0.265. The van der Waals surface area contributed by atoms with Crippen LogP contribution in [-0.4, -0.2) is 44.4 Å². The van der Waals surface area contributed by atoms with Crippen LogP contribution in [0.2, 0.25) is 0 Å². The largest absolute Gasteiger partial charge is 0.362 e. The first-order valence-corrected chi connectivity index (χ1v) is 8.73. The van der Waals surface area contributed by atoms with Gasteiger partial charge in [-0.2, -0.15) is 17.4 Å². The number of pyridine rings is 1. The molecule has 1 atom stereocenters. The lowest BCUT2D eigenvalue weighted by Crippen LogP contribution is -2.47. The van der Waals surface area contributed by atoms with E-state index in [0.717, 1.165) is 30.6 Å². The maximum absolute atomic E-state index is 12.4. The molecule has 0 aromatic carbocycles. The van der Waals surface area contributed by atoms with E-state index < -0.39 is 10.2 Å². The molecule has 0 aliphatic carbocycles. The smallest absolute Gasteiger partial charge is 0.279 e. The van der Waals surface area contributed by atoms with Gasteiger partial charge >= 0.3 is 0 Å². The molecule has 0 spiro atoms. The van der Waals surface area contributed by atoms with Gasteiger partial charge in [0.25, 0.3) is 10.2 Å². The van der Waals surface area contributed by atoms with E-state index in [1.807, 2.05) is 38.1 Å². The maximum atomic E-state index is 12.4. The summed E-state index contributed by atoms with van der Waals surface area (Å²) in [4.78, 5) is 6.17. The maximum Gasteiger partial charge on any atom is 0.279 e. The van der Waals surface area contributed by atoms with Crippen molar-refractivity contribution in [3.8, 4) is 0 Å². The number of aromatic nitrogens is 1. The first-order chi connectivity index (χ1) is 9.92. The fourth-order valence-electron chi connectivity index (χ4n) is 2.65. The normalized spacial score (nSPS) is 20.4. The highest BCUT2D eigenvalue weighted by molar-refractivity contribution is 7.87. The molecule has 0 amide bonds. The zero-order valence-electron chi connectivity index (χ0n) is 12.9. The quantitative estimate of drug-likeness (QED) is 0.891. The fourth-order valence-corrected chi connectivity index (χ4v) is 4.10. The first-order valence-electron chi connectivity index (χ1n) is 7.29. The van der Waals surface area contributed by atoms with Crippen LogP contribution in [0, 0.1) is 0 Å². The van der Waals surface area contributed by atoms with Gasteiger partial charge in [0.2, 0.25) is 0 Å². The summed E-state index contributed by atoms with van der Waals surface area (Å²) in [5.41, 5.74) is 0.871. The van der Waals surface area contributed by atoms with Crippen molar-refractivity contribution in [3.63, 3.8) is 0 Å². The van der Waals surface area contributed by atoms with Crippen LogP contribution in [0.1, 0.15) is 31.7 Å². The number of piperidine rings is 1. The van der Waals surface area contributed by atoms with Crippen molar-refractivity contribution >= 4 is 16.0 Å². The monoisotopic (exact) mass is 312 g/mol. The lowest BCUT2D eigenvalue weighted by Gasteiger charge is -2.32. The number of hydrogen-bond acceptors (Lipinski definition) is 4. The van der Waals surface area contributed by atoms with Crippen molar-refractivity contribution in [1.29, 1.82) is 0 Å². The Morgan fingerprint density at radius 1 is 1.43 bits per heavy atom. The summed E-state index contributed by atoms with van der Waals surface area (Å²) in [5, 5.41) is 0. The van der Waals surface area contributed by atoms with E-state index in [9.17, 15) is 8.42 Å². The summed E-state index contributed by atoms with van der Waals surface area (Å²) in [5.74, 6) is 0.784. The van der Waals surface area contributed by atoms with E-state index in [2.05, 4.69) is 9.71 Å². The summed E-state index contributed by atoms with van der Waals surface area (Å²) < 4.78 is 29.1. The van der Waals surface area contributed by atoms with Crippen molar-refractivity contribution in [2.75, 3.05) is 25.5 Å². The summed E-state index contributed by atoms with van der Waals surface area (Å²) in [6.45, 7) is 2.82. The van der Waals surface area contributed by atoms with Crippen LogP contribution in [0.5, 0.6) is 0 Å². The van der Waals surface area contributed by atoms with E-state index in [1.54, 1.807) is 10.5 Å². The molecule has 1 aromatic heterocycles. The average Bonchev–Trinajstić information content (AvgIpc) is 2.45. The Labute approximate surface area is 127 Å². The Balaban J connectivity index is 2.08. The number of nitrogens with zero attached hydrogens (tertiary/aromatic N) is 3. The zero-order valence-corrected chi connectivity index (χ0v) is 13.7. The first kappa shape index (κ1) is 16.2. The van der Waals surface area contributed by atoms with Crippen LogP contribution in [0.4, 0.5) is 5.82 Å². The molecule has 2 heterocycles. The molecule has 0 radical (unpaired) electrons. The highest BCUT2D eigenvalue weighted by Crippen LogP contribution is 2.20. The molecule has 1 aromatic rings. The summed E-state index contributed by atoms with van der Waals surface area (Å²) in [6.07, 6.45) is 4.67. The third-order valence-corrected chi connectivity index (χ3v) is 5.46. The Morgan fingerprint density at radius 3 is 2.86 bits per heavy atom. The molecule has 0 bridgehead atoms. The fraction of sp³-hybridized carbons (Fsp3) is 0.643. The Hall–Kier alpha value is -1.18. The van der Waals surface area contributed by atoms with Crippen molar-refractivity contribution in [3.05, 3.63) is 23.9 Å². The minimum Gasteiger partial charge on any atom is -0.362 e. The van der Waals surface area contributed by atoms with Gasteiger partial charge in [0.1, 0.15) is 5.82 Å². The summed E-state index contributed by atoms with van der Waals surface area (Å²) in [6, 6.07) is 3.78. The van der Waals surface area contributed by atoms with Crippen LogP contribution in [0.25, 0.3) is 0 Å². The minimum atomic E-state index is -3.44. The van der Waals surface area contributed by atoms with Gasteiger partial charge in [-0.1, -0.05) is 12.5 Å². The van der Waals surface area contributed by atoms with Gasteiger partial charge in [0.05, 0.1) is 0 Å². The Morgan fingerprint density at radius 2 is 2.19 bits per heavy atom. The molecule has 1 aliphatic heterocycles. The Kier molecular flexibility index (Phi) is 5.18. The molecule has 1 aliphatic rings. The van der Waals surface area contributed by atoms with Gasteiger partial charge < -0.3 is 4.90 Å². The second kappa shape index (κ2) is 6.72. The van der Waals surface area contributed by atoms with E-state index in [1.165, 1.54) is 0 Å². The van der Waals surface area contributed by atoms with Crippen LogP contribution in [0.15, 0.2) is 18.3 Å². The predicted octanol–water partition coefficient (Wildman–Crippen LogP) is 1.36. The molecule has 1 fully saturated rings.